The Bertz CT molecular complexity index is 723. The molecule has 22 heavy (non-hydrogen) atoms. The van der Waals surface area contributed by atoms with Crippen LogP contribution in [-0.2, 0) is 19.1 Å². The highest BCUT2D eigenvalue weighted by Gasteiger charge is 2.33. The maximum Gasteiger partial charge on any atom is 0.326 e. The van der Waals surface area contributed by atoms with Gasteiger partial charge in [-0.25, -0.2) is 4.98 Å². The molecule has 114 valence electrons. The minimum atomic E-state index is -1.37. The van der Waals surface area contributed by atoms with Crippen molar-refractivity contribution >= 4 is 11.9 Å². The number of pyridine rings is 2. The van der Waals surface area contributed by atoms with Crippen LogP contribution < -0.4 is 5.56 Å². The number of methoxy groups -OCH3 is 2. The summed E-state index contributed by atoms with van der Waals surface area (Å²) < 4.78 is 10.5. The molecule has 0 saturated heterocycles. The Labute approximate surface area is 126 Å². The molecule has 2 aromatic heterocycles. The topological polar surface area (TPSA) is 87.5 Å². The quantitative estimate of drug-likeness (QED) is 0.609. The zero-order chi connectivity index (χ0) is 16.1. The molecule has 0 atom stereocenters. The van der Waals surface area contributed by atoms with Gasteiger partial charge in [-0.3, -0.25) is 19.0 Å². The van der Waals surface area contributed by atoms with Gasteiger partial charge in [0.1, 0.15) is 5.82 Å². The Morgan fingerprint density at radius 2 is 1.73 bits per heavy atom. The summed E-state index contributed by atoms with van der Waals surface area (Å²) in [5, 5.41) is 0. The van der Waals surface area contributed by atoms with E-state index in [-0.39, 0.29) is 5.69 Å². The molecule has 0 N–H and O–H groups in total. The molecule has 0 aliphatic carbocycles. The molecule has 0 amide bonds. The van der Waals surface area contributed by atoms with Crippen molar-refractivity contribution in [1.29, 1.82) is 0 Å². The van der Waals surface area contributed by atoms with Crippen LogP contribution >= 0.6 is 0 Å². The van der Waals surface area contributed by atoms with E-state index in [2.05, 4.69) is 14.5 Å². The summed E-state index contributed by atoms with van der Waals surface area (Å²) in [5.74, 6) is -2.71. The van der Waals surface area contributed by atoms with E-state index < -0.39 is 23.4 Å². The number of ether oxygens (including phenoxy) is 2. The van der Waals surface area contributed by atoms with Crippen molar-refractivity contribution in [2.75, 3.05) is 14.2 Å². The predicted octanol–water partition coefficient (Wildman–Crippen LogP) is 0.662. The van der Waals surface area contributed by atoms with Crippen molar-refractivity contribution in [3.8, 4) is 5.82 Å². The number of aromatic nitrogens is 2. The Morgan fingerprint density at radius 1 is 1.05 bits per heavy atom. The lowest BCUT2D eigenvalue weighted by Crippen LogP contribution is -2.31. The fourth-order valence-corrected chi connectivity index (χ4v) is 2.04. The summed E-state index contributed by atoms with van der Waals surface area (Å²) in [4.78, 5) is 40.2. The lowest BCUT2D eigenvalue weighted by molar-refractivity contribution is -0.154. The lowest BCUT2D eigenvalue weighted by atomic mass is 10.0. The third-order valence-electron chi connectivity index (χ3n) is 3.03. The molecule has 0 aromatic carbocycles. The summed E-state index contributed by atoms with van der Waals surface area (Å²) in [6, 6.07) is 9.22. The number of rotatable bonds is 4. The molecule has 2 rings (SSSR count). The molecule has 0 aliphatic heterocycles. The van der Waals surface area contributed by atoms with Crippen molar-refractivity contribution in [2.24, 2.45) is 0 Å². The number of nitrogens with zero attached hydrogens (tertiary/aromatic N) is 2. The summed E-state index contributed by atoms with van der Waals surface area (Å²) in [6.07, 6.45) is 1.50. The molecular formula is C15H14N2O5. The second kappa shape index (κ2) is 6.66. The van der Waals surface area contributed by atoms with E-state index in [9.17, 15) is 14.4 Å². The average molecular weight is 302 g/mol. The molecule has 7 nitrogen and oxygen atoms in total. The van der Waals surface area contributed by atoms with Crippen LogP contribution in [0.5, 0.6) is 0 Å². The molecule has 0 fully saturated rings. The van der Waals surface area contributed by atoms with Crippen LogP contribution in [-0.4, -0.2) is 35.7 Å². The molecule has 2 aromatic rings. The van der Waals surface area contributed by atoms with Gasteiger partial charge in [0.25, 0.3) is 5.56 Å². The van der Waals surface area contributed by atoms with Crippen molar-refractivity contribution in [3.63, 3.8) is 0 Å². The number of hydrogen-bond donors (Lipinski definition) is 0. The Kier molecular flexibility index (Phi) is 4.67. The summed E-state index contributed by atoms with van der Waals surface area (Å²) in [7, 11) is 2.31. The number of hydrogen-bond acceptors (Lipinski definition) is 6. The van der Waals surface area contributed by atoms with E-state index in [1.54, 1.807) is 18.2 Å². The zero-order valence-corrected chi connectivity index (χ0v) is 12.1. The van der Waals surface area contributed by atoms with Crippen LogP contribution in [0.15, 0.2) is 47.4 Å². The van der Waals surface area contributed by atoms with Crippen LogP contribution in [0.4, 0.5) is 0 Å². The Balaban J connectivity index is 2.69. The van der Waals surface area contributed by atoms with E-state index in [1.165, 1.54) is 29.0 Å². The molecule has 0 unspecified atom stereocenters. The van der Waals surface area contributed by atoms with Gasteiger partial charge < -0.3 is 9.47 Å². The van der Waals surface area contributed by atoms with Gasteiger partial charge in [-0.1, -0.05) is 12.1 Å². The molecule has 2 heterocycles. The van der Waals surface area contributed by atoms with Gasteiger partial charge in [0.05, 0.1) is 19.9 Å². The van der Waals surface area contributed by atoms with Gasteiger partial charge in [0.15, 0.2) is 5.92 Å². The van der Waals surface area contributed by atoms with Gasteiger partial charge in [0, 0.05) is 12.3 Å². The maximum atomic E-state index is 12.2. The van der Waals surface area contributed by atoms with E-state index in [1.807, 2.05) is 0 Å². The average Bonchev–Trinajstić information content (AvgIpc) is 2.55. The first-order chi connectivity index (χ1) is 10.6. The van der Waals surface area contributed by atoms with Crippen molar-refractivity contribution in [1.82, 2.24) is 9.55 Å². The summed E-state index contributed by atoms with van der Waals surface area (Å²) in [6.45, 7) is 0. The monoisotopic (exact) mass is 302 g/mol. The lowest BCUT2D eigenvalue weighted by Gasteiger charge is -2.17. The molecule has 7 heteroatoms. The normalized spacial score (nSPS) is 10.3. The van der Waals surface area contributed by atoms with E-state index in [4.69, 9.17) is 0 Å². The fourth-order valence-electron chi connectivity index (χ4n) is 2.04. The summed E-state index contributed by atoms with van der Waals surface area (Å²) >= 11 is 0. The molecular weight excluding hydrogens is 288 g/mol. The highest BCUT2D eigenvalue weighted by atomic mass is 16.5. The third kappa shape index (κ3) is 2.88. The van der Waals surface area contributed by atoms with E-state index in [0.717, 1.165) is 14.2 Å². The van der Waals surface area contributed by atoms with Gasteiger partial charge in [-0.15, -0.1) is 0 Å². The second-order valence-corrected chi connectivity index (χ2v) is 4.29. The molecule has 0 spiro atoms. The van der Waals surface area contributed by atoms with Crippen LogP contribution in [0.3, 0.4) is 0 Å². The fraction of sp³-hybridized carbons (Fsp3) is 0.200. The van der Waals surface area contributed by atoms with Gasteiger partial charge in [0.2, 0.25) is 0 Å². The first-order valence-electron chi connectivity index (χ1n) is 6.39. The minimum absolute atomic E-state index is 0.130. The third-order valence-corrected chi connectivity index (χ3v) is 3.03. The highest BCUT2D eigenvalue weighted by molar-refractivity contribution is 6.00. The smallest absolute Gasteiger partial charge is 0.326 e. The molecule has 0 bridgehead atoms. The Morgan fingerprint density at radius 3 is 2.27 bits per heavy atom. The van der Waals surface area contributed by atoms with Gasteiger partial charge >= 0.3 is 11.9 Å². The molecule has 0 aliphatic rings. The summed E-state index contributed by atoms with van der Waals surface area (Å²) in [5.41, 5.74) is -0.293. The van der Waals surface area contributed by atoms with Crippen molar-refractivity contribution in [3.05, 3.63) is 58.6 Å². The van der Waals surface area contributed by atoms with Crippen LogP contribution in [0.2, 0.25) is 0 Å². The van der Waals surface area contributed by atoms with Gasteiger partial charge in [-0.2, -0.15) is 0 Å². The van der Waals surface area contributed by atoms with Gasteiger partial charge in [-0.05, 0) is 18.2 Å². The standard InChI is InChI=1S/C15H14N2O5/c1-21-14(19)13(15(20)22-2)10-6-5-8-12(18)17(10)11-7-3-4-9-16-11/h3-9,13H,1-2H3. The molecule has 0 radical (unpaired) electrons. The van der Waals surface area contributed by atoms with Crippen LogP contribution in [0.25, 0.3) is 5.82 Å². The first-order valence-corrected chi connectivity index (χ1v) is 6.39. The largest absolute Gasteiger partial charge is 0.468 e. The number of carbonyl (C=O) groups excluding carboxylic acids is 2. The Hall–Kier alpha value is -2.96. The predicted molar refractivity (Wildman–Crippen MR) is 76.6 cm³/mol. The highest BCUT2D eigenvalue weighted by Crippen LogP contribution is 2.20. The molecule has 0 saturated carbocycles. The second-order valence-electron chi connectivity index (χ2n) is 4.29. The SMILES string of the molecule is COC(=O)C(C(=O)OC)c1cccc(=O)n1-c1ccccn1. The van der Waals surface area contributed by atoms with Crippen molar-refractivity contribution in [2.45, 2.75) is 5.92 Å². The number of esters is 2. The van der Waals surface area contributed by atoms with Crippen molar-refractivity contribution < 1.29 is 19.1 Å². The zero-order valence-electron chi connectivity index (χ0n) is 12.1. The van der Waals surface area contributed by atoms with E-state index >= 15 is 0 Å². The van der Waals surface area contributed by atoms with E-state index in [0.29, 0.717) is 5.82 Å². The maximum absolute atomic E-state index is 12.2. The number of carbonyl (C=O) groups is 2. The van der Waals surface area contributed by atoms with Crippen LogP contribution in [0.1, 0.15) is 11.6 Å². The first kappa shape index (κ1) is 15.4. The minimum Gasteiger partial charge on any atom is -0.468 e. The van der Waals surface area contributed by atoms with Crippen LogP contribution in [0, 0.1) is 0 Å².